The SMILES string of the molecule is CCCCCCCCOCC(O)COc1ccc(-c2nc(-c3ccc(OCC(O)COC)cc3O)nc(-c3ccc(OCC(O)COCCCCCCCC)cc3O)n2)c(O)c1. The number of ether oxygens (including phenoxy) is 6. The smallest absolute Gasteiger partial charge is 0.167 e. The van der Waals surface area contributed by atoms with Gasteiger partial charge >= 0.3 is 0 Å². The van der Waals surface area contributed by atoms with Gasteiger partial charge in [-0.3, -0.25) is 0 Å². The molecule has 0 aliphatic carbocycles. The van der Waals surface area contributed by atoms with E-state index in [4.69, 9.17) is 28.4 Å². The van der Waals surface area contributed by atoms with E-state index in [1.165, 1.54) is 82.7 Å². The molecule has 1 heterocycles. The summed E-state index contributed by atoms with van der Waals surface area (Å²) in [7, 11) is 1.47. The highest BCUT2D eigenvalue weighted by Crippen LogP contribution is 2.38. The van der Waals surface area contributed by atoms with Crippen LogP contribution in [0.3, 0.4) is 0 Å². The van der Waals surface area contributed by atoms with E-state index in [1.807, 2.05) is 0 Å². The van der Waals surface area contributed by atoms with E-state index in [-0.39, 0.29) is 96.8 Å². The van der Waals surface area contributed by atoms with Gasteiger partial charge in [0.2, 0.25) is 0 Å². The van der Waals surface area contributed by atoms with Crippen LogP contribution in [0.15, 0.2) is 54.6 Å². The minimum atomic E-state index is -0.873. The van der Waals surface area contributed by atoms with Crippen LogP contribution >= 0.6 is 0 Å². The van der Waals surface area contributed by atoms with Crippen LogP contribution in [-0.4, -0.2) is 124 Å². The normalized spacial score (nSPS) is 12.9. The van der Waals surface area contributed by atoms with Crippen LogP contribution in [0.2, 0.25) is 0 Å². The number of nitrogens with zero attached hydrogens (tertiary/aromatic N) is 3. The summed E-state index contributed by atoms with van der Waals surface area (Å²) in [5, 5.41) is 64.3. The van der Waals surface area contributed by atoms with E-state index in [2.05, 4.69) is 28.8 Å². The Morgan fingerprint density at radius 3 is 1.08 bits per heavy atom. The molecule has 1 aromatic heterocycles. The van der Waals surface area contributed by atoms with Gasteiger partial charge in [0.05, 0.1) is 36.5 Å². The minimum Gasteiger partial charge on any atom is -0.507 e. The Balaban J connectivity index is 1.48. The first-order valence-corrected chi connectivity index (χ1v) is 21.9. The monoisotopic (exact) mass is 865 g/mol. The Labute approximate surface area is 365 Å². The predicted molar refractivity (Wildman–Crippen MR) is 236 cm³/mol. The van der Waals surface area contributed by atoms with Crippen molar-refractivity contribution in [3.05, 3.63) is 54.6 Å². The summed E-state index contributed by atoms with van der Waals surface area (Å²) in [5.74, 6) is 0.213. The first-order valence-electron chi connectivity index (χ1n) is 21.9. The maximum Gasteiger partial charge on any atom is 0.167 e. The van der Waals surface area contributed by atoms with E-state index in [1.54, 1.807) is 30.3 Å². The van der Waals surface area contributed by atoms with E-state index in [9.17, 15) is 30.6 Å². The molecule has 0 radical (unpaired) electrons. The summed E-state index contributed by atoms with van der Waals surface area (Å²) < 4.78 is 33.3. The molecular formula is C47H67N3O12. The van der Waals surface area contributed by atoms with E-state index in [0.29, 0.717) is 24.7 Å². The first kappa shape index (κ1) is 49.9. The standard InChI is InChI=1S/C47H67N3O12/c1-4-6-8-10-12-14-22-58-28-34(52)31-61-37-17-20-40(43(55)25-37)46-48-45(39-19-16-36(24-42(39)54)60-30-33(51)27-57-3)49-47(50-46)41-21-18-38(26-44(41)56)62-32-35(53)29-59-23-15-13-11-9-7-5-2/h16-21,24-26,33-35,51-56H,4-15,22-23,27-32H2,1-3H3. The molecule has 3 unspecified atom stereocenters. The Bertz CT molecular complexity index is 1780. The zero-order valence-electron chi connectivity index (χ0n) is 36.5. The van der Waals surface area contributed by atoms with E-state index >= 15 is 0 Å². The lowest BCUT2D eigenvalue weighted by atomic mass is 10.1. The molecule has 0 aliphatic rings. The Hall–Kier alpha value is -4.77. The highest BCUT2D eigenvalue weighted by Gasteiger charge is 2.20. The van der Waals surface area contributed by atoms with Crippen molar-refractivity contribution < 1.29 is 59.1 Å². The molecule has 0 bridgehead atoms. The lowest BCUT2D eigenvalue weighted by Gasteiger charge is -2.15. The van der Waals surface area contributed by atoms with Gasteiger partial charge in [-0.25, -0.2) is 15.0 Å². The maximum atomic E-state index is 11.2. The second kappa shape index (κ2) is 28.0. The van der Waals surface area contributed by atoms with Gasteiger partial charge in [-0.1, -0.05) is 78.1 Å². The number of aliphatic hydroxyl groups excluding tert-OH is 3. The molecule has 4 aromatic rings. The van der Waals surface area contributed by atoms with Crippen LogP contribution in [0.1, 0.15) is 90.9 Å². The third kappa shape index (κ3) is 17.5. The van der Waals surface area contributed by atoms with Gasteiger partial charge in [0.25, 0.3) is 0 Å². The Morgan fingerprint density at radius 1 is 0.435 bits per heavy atom. The number of rotatable bonds is 32. The number of phenolic OH excluding ortho intramolecular Hbond substituents is 3. The van der Waals surface area contributed by atoms with Crippen LogP contribution in [0.25, 0.3) is 34.2 Å². The van der Waals surface area contributed by atoms with Gasteiger partial charge in [0.15, 0.2) is 17.5 Å². The van der Waals surface area contributed by atoms with Crippen LogP contribution in [-0.2, 0) is 14.2 Å². The van der Waals surface area contributed by atoms with Crippen molar-refractivity contribution in [3.8, 4) is 68.7 Å². The molecule has 0 spiro atoms. The first-order chi connectivity index (χ1) is 30.1. The molecule has 0 saturated heterocycles. The summed E-state index contributed by atoms with van der Waals surface area (Å²) in [6.07, 6.45) is 11.1. The van der Waals surface area contributed by atoms with Crippen LogP contribution in [0.5, 0.6) is 34.5 Å². The van der Waals surface area contributed by atoms with Gasteiger partial charge in [-0.15, -0.1) is 0 Å². The fourth-order valence-corrected chi connectivity index (χ4v) is 6.43. The summed E-state index contributed by atoms with van der Waals surface area (Å²) >= 11 is 0. The number of hydrogen-bond acceptors (Lipinski definition) is 15. The lowest BCUT2D eigenvalue weighted by Crippen LogP contribution is -2.23. The molecule has 15 heteroatoms. The second-order valence-corrected chi connectivity index (χ2v) is 15.4. The maximum absolute atomic E-state index is 11.2. The van der Waals surface area contributed by atoms with E-state index in [0.717, 1.165) is 25.7 Å². The predicted octanol–water partition coefficient (Wildman–Crippen LogP) is 7.61. The van der Waals surface area contributed by atoms with E-state index < -0.39 is 18.3 Å². The Kier molecular flexibility index (Phi) is 22.5. The van der Waals surface area contributed by atoms with Gasteiger partial charge in [0.1, 0.15) is 72.6 Å². The largest absolute Gasteiger partial charge is 0.507 e. The number of hydrogen-bond donors (Lipinski definition) is 6. The average molecular weight is 866 g/mol. The summed E-state index contributed by atoms with van der Waals surface area (Å²) in [4.78, 5) is 13.8. The van der Waals surface area contributed by atoms with Crippen molar-refractivity contribution in [2.24, 2.45) is 0 Å². The highest BCUT2D eigenvalue weighted by molar-refractivity contribution is 5.74. The number of methoxy groups -OCH3 is 1. The highest BCUT2D eigenvalue weighted by atomic mass is 16.5. The van der Waals surface area contributed by atoms with Crippen LogP contribution < -0.4 is 14.2 Å². The molecule has 0 fully saturated rings. The topological polar surface area (TPSA) is 215 Å². The summed E-state index contributed by atoms with van der Waals surface area (Å²) in [6, 6.07) is 13.5. The lowest BCUT2D eigenvalue weighted by molar-refractivity contribution is 0.0109. The number of unbranched alkanes of at least 4 members (excludes halogenated alkanes) is 10. The van der Waals surface area contributed by atoms with Gasteiger partial charge in [0, 0.05) is 38.5 Å². The number of phenols is 3. The molecule has 0 amide bonds. The van der Waals surface area contributed by atoms with Crippen molar-refractivity contribution in [1.82, 2.24) is 15.0 Å². The average Bonchev–Trinajstić information content (AvgIpc) is 3.26. The summed E-state index contributed by atoms with van der Waals surface area (Å²) in [5.41, 5.74) is 0.589. The molecule has 62 heavy (non-hydrogen) atoms. The number of aromatic nitrogens is 3. The molecule has 6 N–H and O–H groups in total. The van der Waals surface area contributed by atoms with Gasteiger partial charge < -0.3 is 59.1 Å². The quantitative estimate of drug-likeness (QED) is 0.0261. The minimum absolute atomic E-state index is 0.0149. The van der Waals surface area contributed by atoms with Crippen molar-refractivity contribution in [3.63, 3.8) is 0 Å². The molecule has 3 atom stereocenters. The van der Waals surface area contributed by atoms with Crippen molar-refractivity contribution in [2.45, 2.75) is 109 Å². The molecule has 3 aromatic carbocycles. The zero-order chi connectivity index (χ0) is 44.5. The van der Waals surface area contributed by atoms with Crippen LogP contribution in [0, 0.1) is 0 Å². The Morgan fingerprint density at radius 2 is 0.758 bits per heavy atom. The zero-order valence-corrected chi connectivity index (χ0v) is 36.5. The molecule has 342 valence electrons. The van der Waals surface area contributed by atoms with Gasteiger partial charge in [-0.2, -0.15) is 0 Å². The molecule has 0 saturated carbocycles. The fourth-order valence-electron chi connectivity index (χ4n) is 6.43. The summed E-state index contributed by atoms with van der Waals surface area (Å²) in [6.45, 7) is 5.67. The molecular weight excluding hydrogens is 799 g/mol. The number of benzene rings is 3. The molecule has 0 aliphatic heterocycles. The third-order valence-electron chi connectivity index (χ3n) is 9.86. The second-order valence-electron chi connectivity index (χ2n) is 15.4. The van der Waals surface area contributed by atoms with Crippen molar-refractivity contribution in [1.29, 1.82) is 0 Å². The fraction of sp³-hybridized carbons (Fsp3) is 0.553. The number of aliphatic hydroxyl groups is 3. The van der Waals surface area contributed by atoms with Crippen LogP contribution in [0.4, 0.5) is 0 Å². The molecule has 15 nitrogen and oxygen atoms in total. The van der Waals surface area contributed by atoms with Gasteiger partial charge in [-0.05, 0) is 49.2 Å². The third-order valence-corrected chi connectivity index (χ3v) is 9.86. The van der Waals surface area contributed by atoms with Crippen molar-refractivity contribution >= 4 is 0 Å². The molecule has 4 rings (SSSR count). The number of aromatic hydroxyl groups is 3. The van der Waals surface area contributed by atoms with Crippen molar-refractivity contribution in [2.75, 3.05) is 60.0 Å².